The summed E-state index contributed by atoms with van der Waals surface area (Å²) in [7, 11) is 0. The van der Waals surface area contributed by atoms with Crippen LogP contribution in [0.1, 0.15) is 66.2 Å². The minimum absolute atomic E-state index is 0.0778. The third-order valence-electron chi connectivity index (χ3n) is 4.12. The third-order valence-corrected chi connectivity index (χ3v) is 4.90. The number of alkyl halides is 1. The molecule has 0 aromatic heterocycles. The van der Waals surface area contributed by atoms with Crippen LogP contribution in [0.15, 0.2) is 0 Å². The first kappa shape index (κ1) is 17.0. The van der Waals surface area contributed by atoms with Gasteiger partial charge in [0.25, 0.3) is 0 Å². The largest absolute Gasteiger partial charge is 0.352 e. The maximum Gasteiger partial charge on any atom is 0.226 e. The van der Waals surface area contributed by atoms with Crippen LogP contribution in [0.25, 0.3) is 0 Å². The number of nitrogens with one attached hydrogen (secondary N) is 1. The Balaban J connectivity index is 2.66. The Morgan fingerprint density at radius 3 is 2.16 bits per heavy atom. The SMILES string of the molecule is CC(C)CC(CBr)NC(=O)C1(CC(C)C)CCCC1. The van der Waals surface area contributed by atoms with Crippen LogP contribution in [-0.2, 0) is 4.79 Å². The number of rotatable bonds is 7. The summed E-state index contributed by atoms with van der Waals surface area (Å²) in [5, 5.41) is 4.16. The van der Waals surface area contributed by atoms with E-state index in [0.29, 0.717) is 17.7 Å². The van der Waals surface area contributed by atoms with Crippen molar-refractivity contribution in [2.45, 2.75) is 72.3 Å². The summed E-state index contributed by atoms with van der Waals surface area (Å²) in [5.74, 6) is 1.52. The predicted octanol–water partition coefficient (Wildman–Crippen LogP) is 4.52. The van der Waals surface area contributed by atoms with E-state index in [0.717, 1.165) is 31.0 Å². The van der Waals surface area contributed by atoms with Gasteiger partial charge in [0.2, 0.25) is 5.91 Å². The fraction of sp³-hybridized carbons (Fsp3) is 0.938. The highest BCUT2D eigenvalue weighted by molar-refractivity contribution is 9.09. The number of carbonyl (C=O) groups excluding carboxylic acids is 1. The van der Waals surface area contributed by atoms with Crippen LogP contribution in [0.2, 0.25) is 0 Å². The Bertz CT molecular complexity index is 282. The molecule has 0 saturated heterocycles. The summed E-state index contributed by atoms with van der Waals surface area (Å²) in [6.07, 6.45) is 6.66. The molecule has 112 valence electrons. The van der Waals surface area contributed by atoms with Gasteiger partial charge in [-0.2, -0.15) is 0 Å². The van der Waals surface area contributed by atoms with E-state index >= 15 is 0 Å². The van der Waals surface area contributed by atoms with E-state index in [9.17, 15) is 4.79 Å². The van der Waals surface area contributed by atoms with Gasteiger partial charge in [-0.3, -0.25) is 4.79 Å². The molecule has 0 radical (unpaired) electrons. The third kappa shape index (κ3) is 5.09. The monoisotopic (exact) mass is 331 g/mol. The van der Waals surface area contributed by atoms with Gasteiger partial charge in [-0.15, -0.1) is 0 Å². The van der Waals surface area contributed by atoms with Crippen molar-refractivity contribution in [1.82, 2.24) is 5.32 Å². The van der Waals surface area contributed by atoms with E-state index in [-0.39, 0.29) is 11.5 Å². The summed E-state index contributed by atoms with van der Waals surface area (Å²) in [6, 6.07) is 0.275. The van der Waals surface area contributed by atoms with Crippen LogP contribution >= 0.6 is 15.9 Å². The molecule has 1 saturated carbocycles. The fourth-order valence-electron chi connectivity index (χ4n) is 3.43. The second kappa shape index (κ2) is 7.66. The Hall–Kier alpha value is -0.0500. The van der Waals surface area contributed by atoms with Gasteiger partial charge in [0, 0.05) is 16.8 Å². The Labute approximate surface area is 127 Å². The molecule has 1 amide bonds. The topological polar surface area (TPSA) is 29.1 Å². The molecule has 0 spiro atoms. The molecule has 1 aliphatic rings. The van der Waals surface area contributed by atoms with Gasteiger partial charge in [-0.25, -0.2) is 0 Å². The summed E-state index contributed by atoms with van der Waals surface area (Å²) in [5.41, 5.74) is -0.0778. The van der Waals surface area contributed by atoms with Crippen molar-refractivity contribution in [2.24, 2.45) is 17.3 Å². The first-order valence-corrected chi connectivity index (χ1v) is 8.88. The van der Waals surface area contributed by atoms with Crippen molar-refractivity contribution in [3.63, 3.8) is 0 Å². The maximum atomic E-state index is 12.7. The first-order valence-electron chi connectivity index (χ1n) is 7.76. The Kier molecular flexibility index (Phi) is 6.85. The molecular formula is C16H30BrNO. The van der Waals surface area contributed by atoms with Crippen LogP contribution in [0, 0.1) is 17.3 Å². The van der Waals surface area contributed by atoms with Crippen LogP contribution in [-0.4, -0.2) is 17.3 Å². The summed E-state index contributed by atoms with van der Waals surface area (Å²) < 4.78 is 0. The molecular weight excluding hydrogens is 302 g/mol. The molecule has 0 heterocycles. The van der Waals surface area contributed by atoms with Gasteiger partial charge in [-0.1, -0.05) is 56.5 Å². The van der Waals surface area contributed by atoms with E-state index in [1.54, 1.807) is 0 Å². The number of amides is 1. The molecule has 19 heavy (non-hydrogen) atoms. The first-order chi connectivity index (χ1) is 8.89. The highest BCUT2D eigenvalue weighted by atomic mass is 79.9. The normalized spacial score (nSPS) is 19.9. The molecule has 0 aromatic carbocycles. The highest BCUT2D eigenvalue weighted by Gasteiger charge is 2.41. The summed E-state index contributed by atoms with van der Waals surface area (Å²) in [4.78, 5) is 12.7. The second-order valence-corrected chi connectivity index (χ2v) is 7.69. The van der Waals surface area contributed by atoms with E-state index in [1.807, 2.05) is 0 Å². The molecule has 1 N–H and O–H groups in total. The summed E-state index contributed by atoms with van der Waals surface area (Å²) in [6.45, 7) is 8.87. The Morgan fingerprint density at radius 1 is 1.16 bits per heavy atom. The van der Waals surface area contributed by atoms with Crippen LogP contribution in [0.3, 0.4) is 0 Å². The lowest BCUT2D eigenvalue weighted by molar-refractivity contribution is -0.132. The van der Waals surface area contributed by atoms with Gasteiger partial charge in [0.05, 0.1) is 0 Å². The molecule has 1 unspecified atom stereocenters. The minimum Gasteiger partial charge on any atom is -0.352 e. The molecule has 1 fully saturated rings. The molecule has 0 aromatic rings. The molecule has 2 nitrogen and oxygen atoms in total. The van der Waals surface area contributed by atoms with E-state index in [2.05, 4.69) is 48.9 Å². The predicted molar refractivity (Wildman–Crippen MR) is 85.5 cm³/mol. The zero-order valence-electron chi connectivity index (χ0n) is 13.0. The van der Waals surface area contributed by atoms with Crippen molar-refractivity contribution in [3.8, 4) is 0 Å². The van der Waals surface area contributed by atoms with Gasteiger partial charge in [0.15, 0.2) is 0 Å². The van der Waals surface area contributed by atoms with Crippen molar-refractivity contribution in [2.75, 3.05) is 5.33 Å². The summed E-state index contributed by atoms with van der Waals surface area (Å²) >= 11 is 3.54. The van der Waals surface area contributed by atoms with Gasteiger partial charge in [0.1, 0.15) is 0 Å². The van der Waals surface area contributed by atoms with Gasteiger partial charge in [-0.05, 0) is 37.5 Å². The maximum absolute atomic E-state index is 12.7. The van der Waals surface area contributed by atoms with Gasteiger partial charge >= 0.3 is 0 Å². The molecule has 1 rings (SSSR count). The van der Waals surface area contributed by atoms with Crippen molar-refractivity contribution in [3.05, 3.63) is 0 Å². The zero-order valence-corrected chi connectivity index (χ0v) is 14.6. The lowest BCUT2D eigenvalue weighted by Gasteiger charge is -2.32. The van der Waals surface area contributed by atoms with Crippen molar-refractivity contribution < 1.29 is 4.79 Å². The van der Waals surface area contributed by atoms with Gasteiger partial charge < -0.3 is 5.32 Å². The number of carbonyl (C=O) groups is 1. The van der Waals surface area contributed by atoms with Crippen molar-refractivity contribution >= 4 is 21.8 Å². The molecule has 3 heteroatoms. The standard InChI is InChI=1S/C16H30BrNO/c1-12(2)9-14(11-17)18-15(19)16(10-13(3)4)7-5-6-8-16/h12-14H,5-11H2,1-4H3,(H,18,19). The second-order valence-electron chi connectivity index (χ2n) is 7.04. The molecule has 0 bridgehead atoms. The van der Waals surface area contributed by atoms with Crippen molar-refractivity contribution in [1.29, 1.82) is 0 Å². The number of hydrogen-bond acceptors (Lipinski definition) is 1. The van der Waals surface area contributed by atoms with E-state index < -0.39 is 0 Å². The fourth-order valence-corrected chi connectivity index (χ4v) is 3.85. The van der Waals surface area contributed by atoms with Crippen LogP contribution in [0.5, 0.6) is 0 Å². The quantitative estimate of drug-likeness (QED) is 0.683. The molecule has 1 atom stereocenters. The Morgan fingerprint density at radius 2 is 1.74 bits per heavy atom. The highest BCUT2D eigenvalue weighted by Crippen LogP contribution is 2.43. The average molecular weight is 332 g/mol. The average Bonchev–Trinajstić information content (AvgIpc) is 2.76. The zero-order chi connectivity index (χ0) is 14.5. The van der Waals surface area contributed by atoms with E-state index in [1.165, 1.54) is 12.8 Å². The number of hydrogen-bond donors (Lipinski definition) is 1. The smallest absolute Gasteiger partial charge is 0.226 e. The number of halogens is 1. The molecule has 1 aliphatic carbocycles. The lowest BCUT2D eigenvalue weighted by Crippen LogP contribution is -2.46. The lowest BCUT2D eigenvalue weighted by atomic mass is 9.77. The molecule has 0 aliphatic heterocycles. The van der Waals surface area contributed by atoms with E-state index in [4.69, 9.17) is 0 Å². The minimum atomic E-state index is -0.0778. The van der Waals surface area contributed by atoms with Crippen LogP contribution < -0.4 is 5.32 Å². The van der Waals surface area contributed by atoms with Crippen LogP contribution in [0.4, 0.5) is 0 Å².